The van der Waals surface area contributed by atoms with Gasteiger partial charge in [-0.05, 0) is 36.0 Å². The van der Waals surface area contributed by atoms with Crippen LogP contribution in [0.1, 0.15) is 5.56 Å². The second-order valence-electron chi connectivity index (χ2n) is 5.48. The number of para-hydroxylation sites is 1. The Kier molecular flexibility index (Phi) is 5.70. The van der Waals surface area contributed by atoms with Gasteiger partial charge in [-0.3, -0.25) is 0 Å². The van der Waals surface area contributed by atoms with E-state index in [2.05, 4.69) is 21.7 Å². The van der Waals surface area contributed by atoms with Gasteiger partial charge in [0.05, 0.1) is 26.2 Å². The number of imidazole rings is 1. The lowest BCUT2D eigenvalue weighted by Crippen LogP contribution is -2.28. The van der Waals surface area contributed by atoms with Gasteiger partial charge in [-0.15, -0.1) is 0 Å². The molecule has 0 aliphatic rings. The summed E-state index contributed by atoms with van der Waals surface area (Å²) in [6.07, 6.45) is 5.45. The zero-order valence-corrected chi connectivity index (χ0v) is 15.4. The van der Waals surface area contributed by atoms with Crippen molar-refractivity contribution >= 4 is 23.0 Å². The summed E-state index contributed by atoms with van der Waals surface area (Å²) in [6, 6.07) is 13.7. The van der Waals surface area contributed by atoms with Crippen molar-refractivity contribution in [3.8, 4) is 17.2 Å². The number of anilines is 1. The van der Waals surface area contributed by atoms with Crippen molar-refractivity contribution in [2.45, 2.75) is 6.54 Å². The first kappa shape index (κ1) is 17.8. The van der Waals surface area contributed by atoms with Crippen LogP contribution >= 0.6 is 12.2 Å². The number of hydrogen-bond acceptors (Lipinski definition) is 4. The van der Waals surface area contributed by atoms with Gasteiger partial charge in [0, 0.05) is 30.7 Å². The molecule has 6 nitrogen and oxygen atoms in total. The van der Waals surface area contributed by atoms with Crippen LogP contribution in [0.25, 0.3) is 5.69 Å². The first-order chi connectivity index (χ1) is 12.7. The van der Waals surface area contributed by atoms with Crippen molar-refractivity contribution in [1.82, 2.24) is 14.9 Å². The third-order valence-corrected chi connectivity index (χ3v) is 4.10. The van der Waals surface area contributed by atoms with Crippen molar-refractivity contribution in [2.24, 2.45) is 0 Å². The molecule has 0 aliphatic carbocycles. The predicted octanol–water partition coefficient (Wildman–Crippen LogP) is 3.38. The van der Waals surface area contributed by atoms with Crippen molar-refractivity contribution in [2.75, 3.05) is 19.5 Å². The summed E-state index contributed by atoms with van der Waals surface area (Å²) >= 11 is 5.41. The summed E-state index contributed by atoms with van der Waals surface area (Å²) in [5.74, 6) is 1.32. The van der Waals surface area contributed by atoms with Crippen molar-refractivity contribution in [3.63, 3.8) is 0 Å². The van der Waals surface area contributed by atoms with Crippen molar-refractivity contribution in [3.05, 3.63) is 66.7 Å². The van der Waals surface area contributed by atoms with Gasteiger partial charge >= 0.3 is 0 Å². The Morgan fingerprint density at radius 2 is 1.92 bits per heavy atom. The zero-order chi connectivity index (χ0) is 18.4. The number of rotatable bonds is 6. The summed E-state index contributed by atoms with van der Waals surface area (Å²) in [4.78, 5) is 4.10. The summed E-state index contributed by atoms with van der Waals surface area (Å²) in [5.41, 5.74) is 3.00. The maximum atomic E-state index is 5.41. The Balaban J connectivity index is 1.65. The van der Waals surface area contributed by atoms with E-state index < -0.39 is 0 Å². The summed E-state index contributed by atoms with van der Waals surface area (Å²) in [7, 11) is 3.21. The number of ether oxygens (including phenoxy) is 2. The summed E-state index contributed by atoms with van der Waals surface area (Å²) < 4.78 is 12.5. The second kappa shape index (κ2) is 8.35. The van der Waals surface area contributed by atoms with E-state index in [-0.39, 0.29) is 0 Å². The van der Waals surface area contributed by atoms with E-state index in [4.69, 9.17) is 21.7 Å². The third kappa shape index (κ3) is 4.12. The molecule has 0 unspecified atom stereocenters. The molecule has 3 aromatic rings. The molecule has 0 amide bonds. The molecule has 0 saturated carbocycles. The molecule has 0 saturated heterocycles. The molecule has 0 atom stereocenters. The van der Waals surface area contributed by atoms with Crippen LogP contribution in [0.3, 0.4) is 0 Å². The standard InChI is InChI=1S/C19H20N4O2S/c1-24-17-8-7-15(11-18(17)25-2)22-19(26)21-12-14-5-3-4-6-16(14)23-10-9-20-13-23/h3-11,13H,12H2,1-2H3,(H2,21,22,26). The first-order valence-electron chi connectivity index (χ1n) is 8.04. The minimum absolute atomic E-state index is 0.526. The Morgan fingerprint density at radius 3 is 2.65 bits per heavy atom. The van der Waals surface area contributed by atoms with Crippen LogP contribution in [0.5, 0.6) is 11.5 Å². The normalized spacial score (nSPS) is 10.2. The van der Waals surface area contributed by atoms with Crippen LogP contribution in [0.15, 0.2) is 61.2 Å². The highest BCUT2D eigenvalue weighted by Gasteiger charge is 2.07. The Bertz CT molecular complexity index is 881. The number of thiocarbonyl (C=S) groups is 1. The van der Waals surface area contributed by atoms with E-state index in [1.165, 1.54) is 0 Å². The summed E-state index contributed by atoms with van der Waals surface area (Å²) in [5, 5.41) is 6.91. The van der Waals surface area contributed by atoms with Gasteiger partial charge < -0.3 is 24.7 Å². The number of nitrogens with zero attached hydrogens (tertiary/aromatic N) is 2. The number of hydrogen-bond donors (Lipinski definition) is 2. The van der Waals surface area contributed by atoms with Gasteiger partial charge in [-0.1, -0.05) is 18.2 Å². The molecule has 1 heterocycles. The van der Waals surface area contributed by atoms with E-state index in [0.29, 0.717) is 23.2 Å². The number of methoxy groups -OCH3 is 2. The lowest BCUT2D eigenvalue weighted by atomic mass is 10.1. The molecule has 2 N–H and O–H groups in total. The SMILES string of the molecule is COc1ccc(NC(=S)NCc2ccccc2-n2ccnc2)cc1OC. The van der Waals surface area contributed by atoms with Crippen LogP contribution in [-0.2, 0) is 6.54 Å². The highest BCUT2D eigenvalue weighted by Crippen LogP contribution is 2.29. The van der Waals surface area contributed by atoms with Gasteiger partial charge in [-0.25, -0.2) is 4.98 Å². The maximum Gasteiger partial charge on any atom is 0.171 e. The number of benzene rings is 2. The van der Waals surface area contributed by atoms with Crippen LogP contribution in [-0.4, -0.2) is 28.9 Å². The molecule has 26 heavy (non-hydrogen) atoms. The Labute approximate surface area is 157 Å². The van der Waals surface area contributed by atoms with Crippen LogP contribution in [0.2, 0.25) is 0 Å². The van der Waals surface area contributed by atoms with Crippen molar-refractivity contribution < 1.29 is 9.47 Å². The fourth-order valence-corrected chi connectivity index (χ4v) is 2.77. The van der Waals surface area contributed by atoms with E-state index in [1.807, 2.05) is 47.2 Å². The second-order valence-corrected chi connectivity index (χ2v) is 5.88. The average molecular weight is 368 g/mol. The molecular weight excluding hydrogens is 348 g/mol. The first-order valence-corrected chi connectivity index (χ1v) is 8.45. The largest absolute Gasteiger partial charge is 0.493 e. The van der Waals surface area contributed by atoms with E-state index in [9.17, 15) is 0 Å². The lowest BCUT2D eigenvalue weighted by molar-refractivity contribution is 0.355. The third-order valence-electron chi connectivity index (χ3n) is 3.85. The highest BCUT2D eigenvalue weighted by molar-refractivity contribution is 7.80. The molecule has 0 bridgehead atoms. The molecule has 0 radical (unpaired) electrons. The quantitative estimate of drug-likeness (QED) is 0.651. The zero-order valence-electron chi connectivity index (χ0n) is 14.6. The van der Waals surface area contributed by atoms with Gasteiger partial charge in [0.15, 0.2) is 16.6 Å². The van der Waals surface area contributed by atoms with Gasteiger partial charge in [-0.2, -0.15) is 0 Å². The molecule has 7 heteroatoms. The number of nitrogens with one attached hydrogen (secondary N) is 2. The predicted molar refractivity (Wildman–Crippen MR) is 106 cm³/mol. The molecule has 2 aromatic carbocycles. The average Bonchev–Trinajstić information content (AvgIpc) is 3.21. The van der Waals surface area contributed by atoms with Gasteiger partial charge in [0.1, 0.15) is 0 Å². The fraction of sp³-hybridized carbons (Fsp3) is 0.158. The molecule has 0 aliphatic heterocycles. The Hall–Kier alpha value is -3.06. The topological polar surface area (TPSA) is 60.3 Å². The fourth-order valence-electron chi connectivity index (χ4n) is 2.58. The van der Waals surface area contributed by atoms with E-state index in [0.717, 1.165) is 16.9 Å². The monoisotopic (exact) mass is 368 g/mol. The Morgan fingerprint density at radius 1 is 1.12 bits per heavy atom. The molecule has 0 fully saturated rings. The minimum Gasteiger partial charge on any atom is -0.493 e. The van der Waals surface area contributed by atoms with Crippen molar-refractivity contribution in [1.29, 1.82) is 0 Å². The minimum atomic E-state index is 0.526. The van der Waals surface area contributed by atoms with Crippen LogP contribution < -0.4 is 20.1 Å². The van der Waals surface area contributed by atoms with Crippen LogP contribution in [0, 0.1) is 0 Å². The molecular formula is C19H20N4O2S. The summed E-state index contributed by atoms with van der Waals surface area (Å²) in [6.45, 7) is 0.591. The lowest BCUT2D eigenvalue weighted by Gasteiger charge is -2.15. The highest BCUT2D eigenvalue weighted by atomic mass is 32.1. The smallest absolute Gasteiger partial charge is 0.171 e. The van der Waals surface area contributed by atoms with E-state index >= 15 is 0 Å². The van der Waals surface area contributed by atoms with Crippen LogP contribution in [0.4, 0.5) is 5.69 Å². The van der Waals surface area contributed by atoms with Gasteiger partial charge in [0.2, 0.25) is 0 Å². The molecule has 3 rings (SSSR count). The molecule has 134 valence electrons. The molecule has 0 spiro atoms. The molecule has 1 aromatic heterocycles. The van der Waals surface area contributed by atoms with E-state index in [1.54, 1.807) is 26.7 Å². The van der Waals surface area contributed by atoms with Gasteiger partial charge in [0.25, 0.3) is 0 Å². The number of aromatic nitrogens is 2. The maximum absolute atomic E-state index is 5.41.